The van der Waals surface area contributed by atoms with Crippen molar-refractivity contribution in [1.29, 1.82) is 0 Å². The maximum atomic E-state index is 10.7. The molecule has 2 aliphatic rings. The van der Waals surface area contributed by atoms with E-state index in [4.69, 9.17) is 4.74 Å². The van der Waals surface area contributed by atoms with Crippen LogP contribution in [0, 0.1) is 19.8 Å². The lowest BCUT2D eigenvalue weighted by Crippen LogP contribution is -2.30. The van der Waals surface area contributed by atoms with Gasteiger partial charge in [-0.15, -0.1) is 0 Å². The summed E-state index contributed by atoms with van der Waals surface area (Å²) in [6, 6.07) is 22.2. The number of fused-ring (bicyclic) bond motifs is 5. The third kappa shape index (κ3) is 5.85. The Morgan fingerprint density at radius 3 is 2.49 bits per heavy atom. The van der Waals surface area contributed by atoms with E-state index in [-0.39, 0.29) is 24.0 Å². The Morgan fingerprint density at radius 2 is 1.77 bits per heavy atom. The van der Waals surface area contributed by atoms with Gasteiger partial charge in [0.2, 0.25) is 0 Å². The second kappa shape index (κ2) is 11.7. The fourth-order valence-electron chi connectivity index (χ4n) is 6.61. The summed E-state index contributed by atoms with van der Waals surface area (Å²) in [5, 5.41) is 14.6. The minimum atomic E-state index is -0.492. The lowest BCUT2D eigenvalue weighted by Gasteiger charge is -2.33. The molecule has 2 heterocycles. The molecule has 3 heteroatoms. The van der Waals surface area contributed by atoms with Gasteiger partial charge in [-0.1, -0.05) is 86.5 Å². The molecule has 0 saturated carbocycles. The van der Waals surface area contributed by atoms with E-state index in [9.17, 15) is 5.11 Å². The van der Waals surface area contributed by atoms with Gasteiger partial charge in [0.15, 0.2) is 0 Å². The number of hydrogen-bond acceptors (Lipinski definition) is 3. The maximum absolute atomic E-state index is 10.7. The zero-order chi connectivity index (χ0) is 27.7. The first kappa shape index (κ1) is 27.7. The second-order valence-corrected chi connectivity index (χ2v) is 12.1. The molecule has 3 nitrogen and oxygen atoms in total. The first-order valence-electron chi connectivity index (χ1n) is 14.8. The van der Waals surface area contributed by atoms with Crippen molar-refractivity contribution in [3.8, 4) is 0 Å². The summed E-state index contributed by atoms with van der Waals surface area (Å²) < 4.78 is 6.63. The van der Waals surface area contributed by atoms with Gasteiger partial charge in [0.25, 0.3) is 0 Å². The summed E-state index contributed by atoms with van der Waals surface area (Å²) in [5.41, 5.74) is 12.0. The minimum Gasteiger partial charge on any atom is -0.393 e. The molecule has 0 spiro atoms. The number of hydrogen-bond donors (Lipinski definition) is 2. The molecule has 0 radical (unpaired) electrons. The Labute approximate surface area is 235 Å². The molecule has 39 heavy (non-hydrogen) atoms. The van der Waals surface area contributed by atoms with E-state index in [2.05, 4.69) is 88.5 Å². The third-order valence-electron chi connectivity index (χ3n) is 9.08. The van der Waals surface area contributed by atoms with Gasteiger partial charge in [-0.25, -0.2) is 0 Å². The quantitative estimate of drug-likeness (QED) is 0.295. The highest BCUT2D eigenvalue weighted by atomic mass is 16.5. The van der Waals surface area contributed by atoms with E-state index in [0.717, 1.165) is 18.4 Å². The van der Waals surface area contributed by atoms with Crippen LogP contribution in [0.2, 0.25) is 0 Å². The van der Waals surface area contributed by atoms with Crippen LogP contribution in [0.15, 0.2) is 66.7 Å². The molecule has 3 aromatic rings. The molecular formula is C36H45NO2. The second-order valence-electron chi connectivity index (χ2n) is 12.1. The van der Waals surface area contributed by atoms with Crippen molar-refractivity contribution in [2.45, 2.75) is 90.9 Å². The van der Waals surface area contributed by atoms with E-state index in [1.807, 2.05) is 25.1 Å². The molecule has 0 aliphatic carbocycles. The van der Waals surface area contributed by atoms with Gasteiger partial charge >= 0.3 is 0 Å². The van der Waals surface area contributed by atoms with Crippen LogP contribution in [-0.4, -0.2) is 23.9 Å². The number of aryl methyl sites for hydroxylation is 1. The van der Waals surface area contributed by atoms with Gasteiger partial charge in [0.05, 0.1) is 24.9 Å². The number of ether oxygens (including phenoxy) is 1. The smallest absolute Gasteiger partial charge is 0.0706 e. The van der Waals surface area contributed by atoms with Gasteiger partial charge in [-0.3, -0.25) is 0 Å². The number of benzene rings is 3. The van der Waals surface area contributed by atoms with Crippen LogP contribution in [0.5, 0.6) is 0 Å². The molecule has 0 fully saturated rings. The number of aliphatic hydroxyl groups is 1. The van der Waals surface area contributed by atoms with Crippen LogP contribution in [0.25, 0.3) is 5.57 Å². The van der Waals surface area contributed by atoms with Crippen molar-refractivity contribution in [3.63, 3.8) is 0 Å². The van der Waals surface area contributed by atoms with Crippen molar-refractivity contribution in [2.75, 3.05) is 11.9 Å². The number of nitrogens with one attached hydrogen (secondary N) is 1. The van der Waals surface area contributed by atoms with Crippen molar-refractivity contribution >= 4 is 11.3 Å². The summed E-state index contributed by atoms with van der Waals surface area (Å²) in [6.07, 6.45) is 5.10. The van der Waals surface area contributed by atoms with Crippen molar-refractivity contribution in [2.24, 2.45) is 5.92 Å². The van der Waals surface area contributed by atoms with Gasteiger partial charge in [0, 0.05) is 23.1 Å². The van der Waals surface area contributed by atoms with Gasteiger partial charge < -0.3 is 15.2 Å². The molecule has 2 N–H and O–H groups in total. The zero-order valence-corrected chi connectivity index (χ0v) is 24.5. The molecule has 0 saturated heterocycles. The number of anilines is 1. The predicted molar refractivity (Wildman–Crippen MR) is 163 cm³/mol. The van der Waals surface area contributed by atoms with Crippen molar-refractivity contribution in [1.82, 2.24) is 0 Å². The standard InChI is InChI=1S/C36H45NO2/c1-7-22(2)15-30-20-35-33-17-23(3)16-29(24(33)4)18-31(28-13-14-32(30)34(19-28)37-35)21-39-26(6)36(25(5)38)27-11-9-8-10-12-27/h8-14,16-17,19-20,22,25-26,31,35-38H,7,15,18,21H2,1-6H3/t22?,25?,26?,31-,35?,36?/m0/s1. The Hall–Kier alpha value is -2.88. The molecule has 5 rings (SSSR count). The first-order valence-corrected chi connectivity index (χ1v) is 14.8. The Balaban J connectivity index is 1.50. The molecular weight excluding hydrogens is 478 g/mol. The third-order valence-corrected chi connectivity index (χ3v) is 9.08. The van der Waals surface area contributed by atoms with E-state index in [0.29, 0.717) is 12.5 Å². The highest BCUT2D eigenvalue weighted by molar-refractivity contribution is 5.81. The molecule has 2 aliphatic heterocycles. The topological polar surface area (TPSA) is 41.5 Å². The number of aliphatic hydroxyl groups excluding tert-OH is 1. The highest BCUT2D eigenvalue weighted by Gasteiger charge is 2.29. The zero-order valence-electron chi connectivity index (χ0n) is 24.5. The molecule has 5 unspecified atom stereocenters. The fourth-order valence-corrected chi connectivity index (χ4v) is 6.61. The predicted octanol–water partition coefficient (Wildman–Crippen LogP) is 8.50. The lowest BCUT2D eigenvalue weighted by atomic mass is 9.81. The van der Waals surface area contributed by atoms with E-state index in [1.165, 1.54) is 51.1 Å². The van der Waals surface area contributed by atoms with E-state index >= 15 is 0 Å². The molecule has 3 aromatic carbocycles. The van der Waals surface area contributed by atoms with Gasteiger partial charge in [-0.05, 0) is 85.9 Å². The summed E-state index contributed by atoms with van der Waals surface area (Å²) in [7, 11) is 0. The average molecular weight is 524 g/mol. The maximum Gasteiger partial charge on any atom is 0.0706 e. The molecule has 6 atom stereocenters. The van der Waals surface area contributed by atoms with Gasteiger partial charge in [-0.2, -0.15) is 0 Å². The van der Waals surface area contributed by atoms with E-state index in [1.54, 1.807) is 0 Å². The van der Waals surface area contributed by atoms with Crippen LogP contribution >= 0.6 is 0 Å². The summed E-state index contributed by atoms with van der Waals surface area (Å²) >= 11 is 0. The summed E-state index contributed by atoms with van der Waals surface area (Å²) in [4.78, 5) is 0. The number of allylic oxidation sites excluding steroid dienone is 1. The molecule has 206 valence electrons. The lowest BCUT2D eigenvalue weighted by molar-refractivity contribution is 0.00270. The van der Waals surface area contributed by atoms with Crippen LogP contribution in [-0.2, 0) is 11.2 Å². The first-order chi connectivity index (χ1) is 18.7. The largest absolute Gasteiger partial charge is 0.393 e. The normalized spacial score (nSPS) is 20.9. The average Bonchev–Trinajstić information content (AvgIpc) is 2.92. The minimum absolute atomic E-state index is 0.0720. The van der Waals surface area contributed by atoms with Crippen molar-refractivity contribution in [3.05, 3.63) is 106 Å². The monoisotopic (exact) mass is 523 g/mol. The SMILES string of the molecule is CCC(C)CC1=CC2Nc3cc(ccc31)[C@H](COC(C)C(c1ccccc1)C(C)O)Cc1cc(C)cc2c1C. The summed E-state index contributed by atoms with van der Waals surface area (Å²) in [6.45, 7) is 13.7. The molecule has 0 amide bonds. The molecule has 0 aromatic heterocycles. The fraction of sp³-hybridized carbons (Fsp3) is 0.444. The van der Waals surface area contributed by atoms with E-state index < -0.39 is 6.10 Å². The van der Waals surface area contributed by atoms with Crippen LogP contribution < -0.4 is 5.32 Å². The summed E-state index contributed by atoms with van der Waals surface area (Å²) in [5.74, 6) is 0.801. The Kier molecular flexibility index (Phi) is 8.30. The Morgan fingerprint density at radius 1 is 1.00 bits per heavy atom. The Bertz CT molecular complexity index is 1330. The number of rotatable bonds is 9. The molecule has 5 bridgehead atoms. The van der Waals surface area contributed by atoms with Crippen LogP contribution in [0.1, 0.15) is 97.4 Å². The van der Waals surface area contributed by atoms with Crippen LogP contribution in [0.3, 0.4) is 0 Å². The van der Waals surface area contributed by atoms with Crippen LogP contribution in [0.4, 0.5) is 5.69 Å². The van der Waals surface area contributed by atoms with Crippen molar-refractivity contribution < 1.29 is 9.84 Å². The van der Waals surface area contributed by atoms with Gasteiger partial charge in [0.1, 0.15) is 0 Å². The highest BCUT2D eigenvalue weighted by Crippen LogP contribution is 2.43.